The van der Waals surface area contributed by atoms with Crippen LogP contribution in [0.5, 0.6) is 5.75 Å². The van der Waals surface area contributed by atoms with Gasteiger partial charge in [0.2, 0.25) is 0 Å². The van der Waals surface area contributed by atoms with Crippen LogP contribution < -0.4 is 9.64 Å². The van der Waals surface area contributed by atoms with Gasteiger partial charge >= 0.3 is 0 Å². The SMILES string of the molecule is COc1ccc(N2CCCN(C(=O)c3cc(-c4cccs4)nc4c3cnn4C(C)C)CC2)cc1. The molecule has 1 fully saturated rings. The minimum atomic E-state index is 0.0464. The maximum absolute atomic E-state index is 13.8. The van der Waals surface area contributed by atoms with E-state index in [2.05, 4.69) is 36.0 Å². The van der Waals surface area contributed by atoms with Crippen molar-refractivity contribution in [3.05, 3.63) is 59.6 Å². The van der Waals surface area contributed by atoms with E-state index in [1.165, 1.54) is 0 Å². The van der Waals surface area contributed by atoms with Crippen LogP contribution >= 0.6 is 11.3 Å². The van der Waals surface area contributed by atoms with Crippen molar-refractivity contribution in [1.29, 1.82) is 0 Å². The Balaban J connectivity index is 1.44. The van der Waals surface area contributed by atoms with E-state index in [4.69, 9.17) is 9.72 Å². The molecule has 3 aromatic heterocycles. The van der Waals surface area contributed by atoms with Crippen molar-refractivity contribution < 1.29 is 9.53 Å². The molecule has 4 aromatic rings. The lowest BCUT2D eigenvalue weighted by Crippen LogP contribution is -2.35. The standard InChI is InChI=1S/C26H29N5O2S/c1-18(2)31-25-22(17-27-31)21(16-23(28-25)24-6-4-15-34-24)26(32)30-12-5-11-29(13-14-30)19-7-9-20(33-3)10-8-19/h4,6-10,15-18H,5,11-14H2,1-3H3. The number of ether oxygens (including phenoxy) is 1. The van der Waals surface area contributed by atoms with Crippen LogP contribution in [0, 0.1) is 0 Å². The number of nitrogens with zero attached hydrogens (tertiary/aromatic N) is 5. The first-order valence-corrected chi connectivity index (χ1v) is 12.5. The topological polar surface area (TPSA) is 63.5 Å². The Morgan fingerprint density at radius 1 is 1.09 bits per heavy atom. The summed E-state index contributed by atoms with van der Waals surface area (Å²) in [4.78, 5) is 24.1. The summed E-state index contributed by atoms with van der Waals surface area (Å²) in [5, 5.41) is 7.41. The van der Waals surface area contributed by atoms with Gasteiger partial charge in [0.05, 0.1) is 34.8 Å². The fourth-order valence-corrected chi connectivity index (χ4v) is 5.15. The molecule has 1 aliphatic heterocycles. The summed E-state index contributed by atoms with van der Waals surface area (Å²) >= 11 is 1.63. The molecular formula is C26H29N5O2S. The molecule has 0 saturated carbocycles. The Bertz CT molecular complexity index is 1280. The molecule has 1 saturated heterocycles. The highest BCUT2D eigenvalue weighted by molar-refractivity contribution is 7.13. The Labute approximate surface area is 203 Å². The quantitative estimate of drug-likeness (QED) is 0.402. The highest BCUT2D eigenvalue weighted by atomic mass is 32.1. The summed E-state index contributed by atoms with van der Waals surface area (Å²) in [7, 11) is 1.68. The normalized spacial score (nSPS) is 14.6. The summed E-state index contributed by atoms with van der Waals surface area (Å²) in [6, 6.07) is 14.3. The van der Waals surface area contributed by atoms with Crippen LogP contribution in [0.15, 0.2) is 54.0 Å². The van der Waals surface area contributed by atoms with Gasteiger partial charge in [-0.2, -0.15) is 5.10 Å². The molecule has 8 heteroatoms. The number of pyridine rings is 1. The smallest absolute Gasteiger partial charge is 0.254 e. The van der Waals surface area contributed by atoms with Gasteiger partial charge < -0.3 is 14.5 Å². The molecule has 1 amide bonds. The molecule has 0 N–H and O–H groups in total. The molecule has 0 radical (unpaired) electrons. The zero-order valence-corrected chi connectivity index (χ0v) is 20.6. The minimum absolute atomic E-state index is 0.0464. The van der Waals surface area contributed by atoms with E-state index in [1.807, 2.05) is 45.3 Å². The van der Waals surface area contributed by atoms with Crippen molar-refractivity contribution in [2.75, 3.05) is 38.2 Å². The highest BCUT2D eigenvalue weighted by Crippen LogP contribution is 2.30. The lowest BCUT2D eigenvalue weighted by atomic mass is 10.1. The number of fused-ring (bicyclic) bond motifs is 1. The largest absolute Gasteiger partial charge is 0.497 e. The van der Waals surface area contributed by atoms with Crippen LogP contribution in [0.4, 0.5) is 5.69 Å². The third-order valence-electron chi connectivity index (χ3n) is 6.28. The summed E-state index contributed by atoms with van der Waals surface area (Å²) in [6.07, 6.45) is 2.70. The van der Waals surface area contributed by atoms with Crippen molar-refractivity contribution in [2.24, 2.45) is 0 Å². The van der Waals surface area contributed by atoms with E-state index in [9.17, 15) is 4.79 Å². The number of hydrogen-bond donors (Lipinski definition) is 0. The molecule has 7 nitrogen and oxygen atoms in total. The number of amides is 1. The summed E-state index contributed by atoms with van der Waals surface area (Å²) in [5.41, 5.74) is 3.42. The van der Waals surface area contributed by atoms with Crippen molar-refractivity contribution in [3.63, 3.8) is 0 Å². The first-order chi connectivity index (χ1) is 16.5. The van der Waals surface area contributed by atoms with Crippen LogP contribution in [0.1, 0.15) is 36.7 Å². The van der Waals surface area contributed by atoms with Crippen molar-refractivity contribution in [1.82, 2.24) is 19.7 Å². The van der Waals surface area contributed by atoms with Crippen LogP contribution in [0.3, 0.4) is 0 Å². The number of methoxy groups -OCH3 is 1. The molecule has 5 rings (SSSR count). The van der Waals surface area contributed by atoms with E-state index in [0.29, 0.717) is 12.1 Å². The van der Waals surface area contributed by atoms with Gasteiger partial charge in [-0.05, 0) is 62.0 Å². The van der Waals surface area contributed by atoms with Gasteiger partial charge in [0.1, 0.15) is 5.75 Å². The van der Waals surface area contributed by atoms with Gasteiger partial charge in [-0.15, -0.1) is 11.3 Å². The lowest BCUT2D eigenvalue weighted by molar-refractivity contribution is 0.0769. The van der Waals surface area contributed by atoms with Gasteiger partial charge in [0, 0.05) is 37.9 Å². The highest BCUT2D eigenvalue weighted by Gasteiger charge is 2.25. The van der Waals surface area contributed by atoms with Crippen LogP contribution in [0.25, 0.3) is 21.6 Å². The molecule has 4 heterocycles. The van der Waals surface area contributed by atoms with Crippen LogP contribution in [-0.2, 0) is 0 Å². The number of anilines is 1. The van der Waals surface area contributed by atoms with E-state index in [-0.39, 0.29) is 11.9 Å². The zero-order chi connectivity index (χ0) is 23.7. The average molecular weight is 476 g/mol. The molecule has 0 aliphatic carbocycles. The minimum Gasteiger partial charge on any atom is -0.497 e. The molecule has 34 heavy (non-hydrogen) atoms. The third kappa shape index (κ3) is 4.25. The summed E-state index contributed by atoms with van der Waals surface area (Å²) in [5.74, 6) is 0.894. The molecule has 1 aromatic carbocycles. The predicted octanol–water partition coefficient (Wildman–Crippen LogP) is 5.10. The summed E-state index contributed by atoms with van der Waals surface area (Å²) in [6.45, 7) is 7.25. The van der Waals surface area contributed by atoms with Crippen LogP contribution in [-0.4, -0.2) is 58.9 Å². The zero-order valence-electron chi connectivity index (χ0n) is 19.8. The first-order valence-electron chi connectivity index (χ1n) is 11.7. The number of thiophene rings is 1. The molecule has 0 spiro atoms. The molecule has 0 bridgehead atoms. The second-order valence-electron chi connectivity index (χ2n) is 8.78. The fourth-order valence-electron chi connectivity index (χ4n) is 4.47. The van der Waals surface area contributed by atoms with Gasteiger partial charge in [0.25, 0.3) is 5.91 Å². The van der Waals surface area contributed by atoms with Crippen molar-refractivity contribution in [2.45, 2.75) is 26.3 Å². The van der Waals surface area contributed by atoms with Gasteiger partial charge in [-0.3, -0.25) is 4.79 Å². The number of carbonyl (C=O) groups excluding carboxylic acids is 1. The number of carbonyl (C=O) groups is 1. The van der Waals surface area contributed by atoms with Crippen molar-refractivity contribution >= 4 is 34.0 Å². The van der Waals surface area contributed by atoms with Crippen LogP contribution in [0.2, 0.25) is 0 Å². The first kappa shape index (κ1) is 22.4. The lowest BCUT2D eigenvalue weighted by Gasteiger charge is -2.24. The van der Waals surface area contributed by atoms with Gasteiger partial charge in [-0.1, -0.05) is 6.07 Å². The maximum Gasteiger partial charge on any atom is 0.254 e. The van der Waals surface area contributed by atoms with Gasteiger partial charge in [0.15, 0.2) is 5.65 Å². The van der Waals surface area contributed by atoms with E-state index < -0.39 is 0 Å². The predicted molar refractivity (Wildman–Crippen MR) is 137 cm³/mol. The number of rotatable bonds is 5. The monoisotopic (exact) mass is 475 g/mol. The second kappa shape index (κ2) is 9.46. The average Bonchev–Trinajstić information content (AvgIpc) is 3.48. The number of benzene rings is 1. The number of aromatic nitrogens is 3. The number of hydrogen-bond acceptors (Lipinski definition) is 6. The fraction of sp³-hybridized carbons (Fsp3) is 0.346. The molecule has 176 valence electrons. The maximum atomic E-state index is 13.8. The Morgan fingerprint density at radius 2 is 1.91 bits per heavy atom. The Morgan fingerprint density at radius 3 is 2.62 bits per heavy atom. The summed E-state index contributed by atoms with van der Waals surface area (Å²) < 4.78 is 7.18. The molecule has 0 unspecified atom stereocenters. The van der Waals surface area contributed by atoms with E-state index in [1.54, 1.807) is 24.6 Å². The van der Waals surface area contributed by atoms with E-state index >= 15 is 0 Å². The van der Waals surface area contributed by atoms with E-state index in [0.717, 1.165) is 59.1 Å². The third-order valence-corrected chi connectivity index (χ3v) is 7.17. The van der Waals surface area contributed by atoms with Crippen molar-refractivity contribution in [3.8, 4) is 16.3 Å². The Kier molecular flexibility index (Phi) is 6.24. The van der Waals surface area contributed by atoms with Gasteiger partial charge in [-0.25, -0.2) is 9.67 Å². The molecule has 1 aliphatic rings. The second-order valence-corrected chi connectivity index (χ2v) is 9.73. The Hall–Kier alpha value is -3.39. The molecular weight excluding hydrogens is 446 g/mol. The molecule has 0 atom stereocenters.